The van der Waals surface area contributed by atoms with Crippen LogP contribution in [0.5, 0.6) is 0 Å². The molecule has 1 N–H and O–H groups in total. The summed E-state index contributed by atoms with van der Waals surface area (Å²) in [4.78, 5) is 17.6. The quantitative estimate of drug-likeness (QED) is 0.697. The van der Waals surface area contributed by atoms with Gasteiger partial charge in [-0.25, -0.2) is 14.2 Å². The normalized spacial score (nSPS) is 11.8. The van der Waals surface area contributed by atoms with Crippen molar-refractivity contribution in [3.8, 4) is 11.3 Å². The number of carboxylic acid groups (broad SMARTS) is 1. The van der Waals surface area contributed by atoms with Crippen LogP contribution in [0.2, 0.25) is 0 Å². The highest BCUT2D eigenvalue weighted by atomic mass is 19.4. The summed E-state index contributed by atoms with van der Waals surface area (Å²) in [6, 6.07) is 2.69. The lowest BCUT2D eigenvalue weighted by molar-refractivity contribution is -0.141. The number of aliphatic carboxylic acids is 1. The molecular formula is C14H8F4N2O2. The van der Waals surface area contributed by atoms with E-state index in [1.54, 1.807) is 0 Å². The third-order valence-corrected chi connectivity index (χ3v) is 2.65. The third-order valence-electron chi connectivity index (χ3n) is 2.65. The maximum absolute atomic E-state index is 13.8. The molecule has 0 aliphatic rings. The molecule has 8 heteroatoms. The Morgan fingerprint density at radius 3 is 2.55 bits per heavy atom. The van der Waals surface area contributed by atoms with E-state index in [-0.39, 0.29) is 16.8 Å². The predicted octanol–water partition coefficient (Wildman–Crippen LogP) is 3.40. The molecule has 0 aliphatic heterocycles. The highest BCUT2D eigenvalue weighted by Gasteiger charge is 2.33. The number of hydrogen-bond acceptors (Lipinski definition) is 3. The second-order valence-corrected chi connectivity index (χ2v) is 4.16. The number of rotatable bonds is 3. The van der Waals surface area contributed by atoms with E-state index in [0.717, 1.165) is 36.7 Å². The number of halogens is 4. The lowest BCUT2D eigenvalue weighted by Gasteiger charge is -2.11. The molecule has 22 heavy (non-hydrogen) atoms. The molecule has 0 radical (unpaired) electrons. The Hall–Kier alpha value is -2.77. The smallest absolute Gasteiger partial charge is 0.433 e. The lowest BCUT2D eigenvalue weighted by Crippen LogP contribution is -2.09. The zero-order valence-electron chi connectivity index (χ0n) is 10.8. The Bertz CT molecular complexity index is 742. The molecule has 0 aliphatic carbocycles. The minimum absolute atomic E-state index is 0.0299. The fourth-order valence-corrected chi connectivity index (χ4v) is 1.69. The summed E-state index contributed by atoms with van der Waals surface area (Å²) in [6.45, 7) is 0. The van der Waals surface area contributed by atoms with Crippen LogP contribution in [0.4, 0.5) is 17.6 Å². The van der Waals surface area contributed by atoms with Crippen molar-refractivity contribution in [2.24, 2.45) is 0 Å². The van der Waals surface area contributed by atoms with Crippen LogP contribution in [0.15, 0.2) is 36.7 Å². The molecule has 0 aromatic carbocycles. The minimum Gasteiger partial charge on any atom is -0.478 e. The maximum Gasteiger partial charge on any atom is 0.433 e. The van der Waals surface area contributed by atoms with E-state index in [4.69, 9.17) is 5.11 Å². The van der Waals surface area contributed by atoms with Crippen LogP contribution in [0.1, 0.15) is 11.3 Å². The van der Waals surface area contributed by atoms with Gasteiger partial charge in [0.05, 0.1) is 11.3 Å². The largest absolute Gasteiger partial charge is 0.478 e. The van der Waals surface area contributed by atoms with Crippen LogP contribution in [0, 0.1) is 5.82 Å². The Kier molecular flexibility index (Phi) is 4.20. The molecule has 2 rings (SSSR count). The van der Waals surface area contributed by atoms with Crippen LogP contribution in [-0.4, -0.2) is 21.0 Å². The summed E-state index contributed by atoms with van der Waals surface area (Å²) in [7, 11) is 0. The molecule has 0 fully saturated rings. The van der Waals surface area contributed by atoms with Gasteiger partial charge in [0, 0.05) is 24.0 Å². The highest BCUT2D eigenvalue weighted by Crippen LogP contribution is 2.32. The minimum atomic E-state index is -4.71. The zero-order chi connectivity index (χ0) is 16.3. The van der Waals surface area contributed by atoms with Gasteiger partial charge >= 0.3 is 12.1 Å². The zero-order valence-corrected chi connectivity index (χ0v) is 10.8. The molecule has 0 bridgehead atoms. The summed E-state index contributed by atoms with van der Waals surface area (Å²) in [5, 5.41) is 8.60. The maximum atomic E-state index is 13.8. The van der Waals surface area contributed by atoms with Crippen molar-refractivity contribution in [3.63, 3.8) is 0 Å². The number of nitrogens with zero attached hydrogens (tertiary/aromatic N) is 2. The third kappa shape index (κ3) is 3.46. The fraction of sp³-hybridized carbons (Fsp3) is 0.0714. The monoisotopic (exact) mass is 312 g/mol. The first kappa shape index (κ1) is 15.6. The van der Waals surface area contributed by atoms with Crippen LogP contribution in [0.25, 0.3) is 17.3 Å². The SMILES string of the molecule is O=C(O)C=Cc1ccc(C(F)(F)F)nc1-c1cnccc1F. The van der Waals surface area contributed by atoms with Crippen molar-refractivity contribution in [1.29, 1.82) is 0 Å². The number of carboxylic acids is 1. The highest BCUT2D eigenvalue weighted by molar-refractivity contribution is 5.87. The molecule has 2 aromatic rings. The first-order valence-corrected chi connectivity index (χ1v) is 5.88. The van der Waals surface area contributed by atoms with E-state index in [2.05, 4.69) is 9.97 Å². The van der Waals surface area contributed by atoms with Crippen LogP contribution >= 0.6 is 0 Å². The van der Waals surface area contributed by atoms with Crippen LogP contribution in [-0.2, 0) is 11.0 Å². The Balaban J connectivity index is 2.65. The molecule has 0 unspecified atom stereocenters. The van der Waals surface area contributed by atoms with Crippen molar-refractivity contribution in [2.75, 3.05) is 0 Å². The molecular weight excluding hydrogens is 304 g/mol. The average molecular weight is 312 g/mol. The van der Waals surface area contributed by atoms with Crippen LogP contribution in [0.3, 0.4) is 0 Å². The lowest BCUT2D eigenvalue weighted by atomic mass is 10.1. The van der Waals surface area contributed by atoms with Crippen molar-refractivity contribution < 1.29 is 27.5 Å². The topological polar surface area (TPSA) is 63.1 Å². The number of hydrogen-bond donors (Lipinski definition) is 1. The Labute approximate surface area is 121 Å². The summed E-state index contributed by atoms with van der Waals surface area (Å²) < 4.78 is 52.0. The van der Waals surface area contributed by atoms with E-state index in [0.29, 0.717) is 6.07 Å². The van der Waals surface area contributed by atoms with E-state index in [1.807, 2.05) is 0 Å². The van der Waals surface area contributed by atoms with Gasteiger partial charge in [-0.15, -0.1) is 0 Å². The summed E-state index contributed by atoms with van der Waals surface area (Å²) in [5.41, 5.74) is -1.77. The predicted molar refractivity (Wildman–Crippen MR) is 69.1 cm³/mol. The molecule has 0 spiro atoms. The molecule has 0 saturated carbocycles. The van der Waals surface area contributed by atoms with Gasteiger partial charge in [0.2, 0.25) is 0 Å². The van der Waals surface area contributed by atoms with Crippen LogP contribution < -0.4 is 0 Å². The molecule has 4 nitrogen and oxygen atoms in total. The van der Waals surface area contributed by atoms with Crippen molar-refractivity contribution >= 4 is 12.0 Å². The van der Waals surface area contributed by atoms with Gasteiger partial charge in [-0.05, 0) is 18.2 Å². The molecule has 2 aromatic heterocycles. The molecule has 0 saturated heterocycles. The second-order valence-electron chi connectivity index (χ2n) is 4.16. The second kappa shape index (κ2) is 5.92. The van der Waals surface area contributed by atoms with E-state index < -0.39 is 23.7 Å². The number of aromatic nitrogens is 2. The summed E-state index contributed by atoms with van der Waals surface area (Å²) in [6.07, 6.45) is -0.781. The van der Waals surface area contributed by atoms with Gasteiger partial charge in [0.25, 0.3) is 0 Å². The number of pyridine rings is 2. The van der Waals surface area contributed by atoms with Gasteiger partial charge in [-0.1, -0.05) is 6.07 Å². The Morgan fingerprint density at radius 2 is 1.95 bits per heavy atom. The Morgan fingerprint density at radius 1 is 1.23 bits per heavy atom. The standard InChI is InChI=1S/C14H8F4N2O2/c15-10-5-6-19-7-9(10)13-8(2-4-12(21)22)1-3-11(20-13)14(16,17)18/h1-7H,(H,21,22). The molecule has 2 heterocycles. The van der Waals surface area contributed by atoms with Gasteiger partial charge < -0.3 is 5.11 Å². The first-order chi connectivity index (χ1) is 10.3. The number of carbonyl (C=O) groups is 1. The van der Waals surface area contributed by atoms with E-state index in [9.17, 15) is 22.4 Å². The number of alkyl halides is 3. The van der Waals surface area contributed by atoms with E-state index in [1.165, 1.54) is 0 Å². The summed E-state index contributed by atoms with van der Waals surface area (Å²) in [5.74, 6) is -2.11. The van der Waals surface area contributed by atoms with Crippen molar-refractivity contribution in [3.05, 3.63) is 53.7 Å². The van der Waals surface area contributed by atoms with Crippen molar-refractivity contribution in [1.82, 2.24) is 9.97 Å². The van der Waals surface area contributed by atoms with Gasteiger partial charge in [0.1, 0.15) is 11.5 Å². The molecule has 0 atom stereocenters. The average Bonchev–Trinajstić information content (AvgIpc) is 2.44. The van der Waals surface area contributed by atoms with Crippen molar-refractivity contribution in [2.45, 2.75) is 6.18 Å². The molecule has 114 valence electrons. The first-order valence-electron chi connectivity index (χ1n) is 5.88. The van der Waals surface area contributed by atoms with Gasteiger partial charge in [-0.3, -0.25) is 4.98 Å². The fourth-order valence-electron chi connectivity index (χ4n) is 1.69. The summed E-state index contributed by atoms with van der Waals surface area (Å²) >= 11 is 0. The van der Waals surface area contributed by atoms with Gasteiger partial charge in [0.15, 0.2) is 0 Å². The molecule has 0 amide bonds. The van der Waals surface area contributed by atoms with Gasteiger partial charge in [-0.2, -0.15) is 13.2 Å². The van der Waals surface area contributed by atoms with E-state index >= 15 is 0 Å².